The lowest BCUT2D eigenvalue weighted by Crippen LogP contribution is -2.23. The number of nitrogens with zero attached hydrogens (tertiary/aromatic N) is 4. The van der Waals surface area contributed by atoms with E-state index in [0.29, 0.717) is 28.4 Å². The summed E-state index contributed by atoms with van der Waals surface area (Å²) in [6.45, 7) is 2.30. The third kappa shape index (κ3) is 5.33. The minimum Gasteiger partial charge on any atom is -0.310 e. The van der Waals surface area contributed by atoms with E-state index in [1.165, 1.54) is 30.1 Å². The van der Waals surface area contributed by atoms with Crippen molar-refractivity contribution in [1.29, 1.82) is 0 Å². The average Bonchev–Trinajstić information content (AvgIpc) is 3.18. The molecule has 0 spiro atoms. The first-order valence-corrected chi connectivity index (χ1v) is 11.1. The van der Waals surface area contributed by atoms with Gasteiger partial charge >= 0.3 is 0 Å². The Labute approximate surface area is 193 Å². The second-order valence-corrected chi connectivity index (χ2v) is 8.74. The normalized spacial score (nSPS) is 11.8. The van der Waals surface area contributed by atoms with Gasteiger partial charge in [0.25, 0.3) is 0 Å². The van der Waals surface area contributed by atoms with E-state index in [1.54, 1.807) is 31.2 Å². The quantitative estimate of drug-likeness (QED) is 0.373. The number of aromatic nitrogens is 4. The van der Waals surface area contributed by atoms with Gasteiger partial charge in [0.2, 0.25) is 5.91 Å². The van der Waals surface area contributed by atoms with Crippen LogP contribution in [0.1, 0.15) is 12.5 Å². The van der Waals surface area contributed by atoms with Gasteiger partial charge in [0, 0.05) is 11.8 Å². The number of hydrogen-bond acceptors (Lipinski definition) is 5. The predicted molar refractivity (Wildman–Crippen MR) is 124 cm³/mol. The molecule has 0 fully saturated rings. The highest BCUT2D eigenvalue weighted by atomic mass is 35.5. The number of carbonyl (C=O) groups is 1. The summed E-state index contributed by atoms with van der Waals surface area (Å²) in [5.41, 5.74) is 1.80. The maximum Gasteiger partial charge on any atom is 0.238 e. The Morgan fingerprint density at radius 3 is 2.53 bits per heavy atom. The molecule has 4 rings (SSSR count). The van der Waals surface area contributed by atoms with Gasteiger partial charge < -0.3 is 5.32 Å². The molecule has 1 atom stereocenters. The van der Waals surface area contributed by atoms with Crippen LogP contribution in [0, 0.1) is 5.82 Å². The van der Waals surface area contributed by atoms with Gasteiger partial charge in [-0.1, -0.05) is 53.7 Å². The maximum absolute atomic E-state index is 13.4. The van der Waals surface area contributed by atoms with Crippen molar-refractivity contribution in [3.63, 3.8) is 0 Å². The van der Waals surface area contributed by atoms with Gasteiger partial charge in [-0.2, -0.15) is 0 Å². The molecule has 32 heavy (non-hydrogen) atoms. The summed E-state index contributed by atoms with van der Waals surface area (Å²) in [6.07, 6.45) is 1.47. The second kappa shape index (κ2) is 9.93. The molecular weight excluding hydrogens is 449 g/mol. The molecule has 1 amide bonds. The molecule has 9 heteroatoms. The molecule has 2 aromatic carbocycles. The molecule has 2 aromatic heterocycles. The van der Waals surface area contributed by atoms with Crippen molar-refractivity contribution >= 4 is 35.1 Å². The summed E-state index contributed by atoms with van der Waals surface area (Å²) in [7, 11) is 0. The highest BCUT2D eigenvalue weighted by Gasteiger charge is 2.21. The van der Waals surface area contributed by atoms with E-state index >= 15 is 0 Å². The third-order valence-electron chi connectivity index (χ3n) is 4.63. The largest absolute Gasteiger partial charge is 0.310 e. The molecule has 0 bridgehead atoms. The van der Waals surface area contributed by atoms with E-state index in [1.807, 2.05) is 34.9 Å². The molecule has 1 N–H and O–H groups in total. The van der Waals surface area contributed by atoms with Gasteiger partial charge in [-0.25, -0.2) is 9.37 Å². The minimum absolute atomic E-state index is 0.220. The van der Waals surface area contributed by atoms with Gasteiger partial charge in [-0.3, -0.25) is 9.36 Å². The zero-order valence-corrected chi connectivity index (χ0v) is 18.6. The SMILES string of the molecule is C[C@H](Sc1nnc(-c2ccc(F)cc2)n1Cc1ccccc1)C(=O)Nc1ccc(Cl)cn1. The lowest BCUT2D eigenvalue weighted by molar-refractivity contribution is -0.115. The van der Waals surface area contributed by atoms with E-state index in [9.17, 15) is 9.18 Å². The maximum atomic E-state index is 13.4. The molecule has 0 radical (unpaired) electrons. The van der Waals surface area contributed by atoms with Crippen molar-refractivity contribution in [2.45, 2.75) is 23.9 Å². The standard InChI is InChI=1S/C23H19ClFN5OS/c1-15(22(31)27-20-12-9-18(24)13-26-20)32-23-29-28-21(17-7-10-19(25)11-8-17)30(23)14-16-5-3-2-4-6-16/h2-13,15H,14H2,1H3,(H,26,27,31)/t15-/m0/s1. The smallest absolute Gasteiger partial charge is 0.238 e. The van der Waals surface area contributed by atoms with Crippen LogP contribution in [-0.2, 0) is 11.3 Å². The number of thioether (sulfide) groups is 1. The summed E-state index contributed by atoms with van der Waals surface area (Å²) >= 11 is 7.13. The van der Waals surface area contributed by atoms with Gasteiger partial charge in [0.1, 0.15) is 11.6 Å². The number of pyridine rings is 1. The fraction of sp³-hybridized carbons (Fsp3) is 0.130. The summed E-state index contributed by atoms with van der Waals surface area (Å²) in [6, 6.07) is 19.3. The highest BCUT2D eigenvalue weighted by molar-refractivity contribution is 8.00. The molecule has 6 nitrogen and oxygen atoms in total. The van der Waals surface area contributed by atoms with Crippen LogP contribution in [0.2, 0.25) is 5.02 Å². The molecule has 4 aromatic rings. The Kier molecular flexibility index (Phi) is 6.82. The Hall–Kier alpha value is -3.23. The molecule has 0 saturated heterocycles. The van der Waals surface area contributed by atoms with E-state index in [2.05, 4.69) is 20.5 Å². The van der Waals surface area contributed by atoms with Gasteiger partial charge in [0.15, 0.2) is 11.0 Å². The van der Waals surface area contributed by atoms with E-state index < -0.39 is 5.25 Å². The number of anilines is 1. The number of amides is 1. The fourth-order valence-electron chi connectivity index (χ4n) is 2.99. The summed E-state index contributed by atoms with van der Waals surface area (Å²) < 4.78 is 15.3. The van der Waals surface area contributed by atoms with Gasteiger partial charge in [-0.15, -0.1) is 10.2 Å². The topological polar surface area (TPSA) is 72.7 Å². The van der Waals surface area contributed by atoms with E-state index in [0.717, 1.165) is 11.1 Å². The number of carbonyl (C=O) groups excluding carboxylic acids is 1. The molecule has 162 valence electrons. The van der Waals surface area contributed by atoms with Crippen LogP contribution in [0.15, 0.2) is 78.1 Å². The van der Waals surface area contributed by atoms with Crippen LogP contribution in [-0.4, -0.2) is 30.9 Å². The number of benzene rings is 2. The molecule has 0 saturated carbocycles. The Morgan fingerprint density at radius 1 is 1.09 bits per heavy atom. The van der Waals surface area contributed by atoms with Gasteiger partial charge in [0.05, 0.1) is 16.8 Å². The van der Waals surface area contributed by atoms with Crippen LogP contribution in [0.3, 0.4) is 0 Å². The molecule has 2 heterocycles. The summed E-state index contributed by atoms with van der Waals surface area (Å²) in [5.74, 6) is 0.480. The predicted octanol–water partition coefficient (Wildman–Crippen LogP) is 5.30. The van der Waals surface area contributed by atoms with Crippen LogP contribution < -0.4 is 5.32 Å². The Morgan fingerprint density at radius 2 is 1.84 bits per heavy atom. The lowest BCUT2D eigenvalue weighted by Gasteiger charge is -2.14. The lowest BCUT2D eigenvalue weighted by atomic mass is 10.2. The molecular formula is C23H19ClFN5OS. The molecule has 0 aliphatic rings. The van der Waals surface area contributed by atoms with Crippen molar-refractivity contribution in [2.24, 2.45) is 0 Å². The average molecular weight is 468 g/mol. The van der Waals surface area contributed by atoms with Crippen LogP contribution in [0.5, 0.6) is 0 Å². The Balaban J connectivity index is 1.58. The van der Waals surface area contributed by atoms with Crippen molar-refractivity contribution in [3.05, 3.63) is 89.3 Å². The molecule has 0 aliphatic carbocycles. The molecule has 0 unspecified atom stereocenters. The Bertz CT molecular complexity index is 1200. The number of halogens is 2. The van der Waals surface area contributed by atoms with E-state index in [4.69, 9.17) is 11.6 Å². The van der Waals surface area contributed by atoms with Crippen molar-refractivity contribution in [3.8, 4) is 11.4 Å². The van der Waals surface area contributed by atoms with Crippen molar-refractivity contribution in [2.75, 3.05) is 5.32 Å². The fourth-order valence-corrected chi connectivity index (χ4v) is 3.95. The first-order valence-electron chi connectivity index (χ1n) is 9.82. The van der Waals surface area contributed by atoms with Crippen molar-refractivity contribution in [1.82, 2.24) is 19.7 Å². The molecule has 0 aliphatic heterocycles. The first-order chi connectivity index (χ1) is 15.5. The van der Waals surface area contributed by atoms with Crippen LogP contribution in [0.4, 0.5) is 10.2 Å². The van der Waals surface area contributed by atoms with Crippen LogP contribution in [0.25, 0.3) is 11.4 Å². The van der Waals surface area contributed by atoms with Crippen LogP contribution >= 0.6 is 23.4 Å². The first kappa shape index (κ1) is 22.0. The number of hydrogen-bond donors (Lipinski definition) is 1. The highest BCUT2D eigenvalue weighted by Crippen LogP contribution is 2.28. The third-order valence-corrected chi connectivity index (χ3v) is 5.94. The number of nitrogens with one attached hydrogen (secondary N) is 1. The zero-order chi connectivity index (χ0) is 22.5. The minimum atomic E-state index is -0.465. The van der Waals surface area contributed by atoms with Gasteiger partial charge in [-0.05, 0) is 48.9 Å². The monoisotopic (exact) mass is 467 g/mol. The van der Waals surface area contributed by atoms with E-state index in [-0.39, 0.29) is 11.7 Å². The van der Waals surface area contributed by atoms with Crippen molar-refractivity contribution < 1.29 is 9.18 Å². The summed E-state index contributed by atoms with van der Waals surface area (Å²) in [5, 5.41) is 12.0. The zero-order valence-electron chi connectivity index (χ0n) is 17.1. The number of rotatable bonds is 7. The summed E-state index contributed by atoms with van der Waals surface area (Å²) in [4.78, 5) is 16.8. The second-order valence-electron chi connectivity index (χ2n) is 7.00.